The van der Waals surface area contributed by atoms with Crippen LogP contribution in [0.1, 0.15) is 19.4 Å². The Bertz CT molecular complexity index is 491. The summed E-state index contributed by atoms with van der Waals surface area (Å²) in [4.78, 5) is 12.0. The highest BCUT2D eigenvalue weighted by molar-refractivity contribution is 6.30. The van der Waals surface area contributed by atoms with Crippen molar-refractivity contribution in [2.75, 3.05) is 38.1 Å². The number of rotatable bonds is 1. The van der Waals surface area contributed by atoms with Gasteiger partial charge in [-0.1, -0.05) is 11.6 Å². The van der Waals surface area contributed by atoms with Crippen LogP contribution in [0.3, 0.4) is 0 Å². The van der Waals surface area contributed by atoms with Gasteiger partial charge in [-0.25, -0.2) is 4.98 Å². The van der Waals surface area contributed by atoms with Gasteiger partial charge in [-0.2, -0.15) is 0 Å². The molecule has 1 fully saturated rings. The van der Waals surface area contributed by atoms with Gasteiger partial charge in [0.25, 0.3) is 0 Å². The molecule has 1 atom stereocenters. The van der Waals surface area contributed by atoms with E-state index < -0.39 is 0 Å². The van der Waals surface area contributed by atoms with Crippen LogP contribution < -0.4 is 4.90 Å². The summed E-state index contributed by atoms with van der Waals surface area (Å²) in [6.45, 7) is 9.85. The van der Waals surface area contributed by atoms with E-state index in [1.165, 1.54) is 5.56 Å². The topological polar surface area (TPSA) is 22.6 Å². The minimum atomic E-state index is 0.520. The predicted octanol–water partition coefficient (Wildman–Crippen LogP) is 2.08. The van der Waals surface area contributed by atoms with Crippen molar-refractivity contribution in [2.24, 2.45) is 0 Å². The molecule has 3 heterocycles. The van der Waals surface area contributed by atoms with E-state index in [0.717, 1.165) is 43.6 Å². The van der Waals surface area contributed by atoms with Crippen LogP contribution in [0.5, 0.6) is 0 Å². The van der Waals surface area contributed by atoms with Crippen molar-refractivity contribution >= 4 is 17.4 Å². The van der Waals surface area contributed by atoms with Gasteiger partial charge in [0.1, 0.15) is 5.82 Å². The van der Waals surface area contributed by atoms with E-state index in [1.807, 2.05) is 0 Å². The van der Waals surface area contributed by atoms with Crippen LogP contribution in [0.2, 0.25) is 5.02 Å². The maximum atomic E-state index is 6.11. The molecule has 3 rings (SSSR count). The van der Waals surface area contributed by atoms with E-state index in [4.69, 9.17) is 11.6 Å². The average Bonchev–Trinajstić information content (AvgIpc) is 2.52. The van der Waals surface area contributed by atoms with Gasteiger partial charge in [-0.05, 0) is 27.0 Å². The molecule has 0 N–H and O–H groups in total. The van der Waals surface area contributed by atoms with Crippen molar-refractivity contribution in [2.45, 2.75) is 32.5 Å². The lowest BCUT2D eigenvalue weighted by molar-refractivity contribution is 0.163. The summed E-state index contributed by atoms with van der Waals surface area (Å²) in [6, 6.07) is 3.20. The largest absolute Gasteiger partial charge is 0.350 e. The smallest absolute Gasteiger partial charge is 0.133 e. The van der Waals surface area contributed by atoms with Gasteiger partial charge in [-0.15, -0.1) is 0 Å². The zero-order chi connectivity index (χ0) is 14.3. The zero-order valence-corrected chi connectivity index (χ0v) is 13.3. The Morgan fingerprint density at radius 3 is 2.85 bits per heavy atom. The number of anilines is 1. The van der Waals surface area contributed by atoms with Crippen molar-refractivity contribution in [1.82, 2.24) is 14.8 Å². The molecule has 1 aromatic heterocycles. The Hall–Kier alpha value is -0.840. The van der Waals surface area contributed by atoms with Crippen molar-refractivity contribution in [3.8, 4) is 0 Å². The van der Waals surface area contributed by atoms with Crippen molar-refractivity contribution < 1.29 is 0 Å². The lowest BCUT2D eigenvalue weighted by Crippen LogP contribution is -2.57. The van der Waals surface area contributed by atoms with E-state index in [1.54, 1.807) is 6.20 Å². The molecule has 0 saturated carbocycles. The fourth-order valence-corrected chi connectivity index (χ4v) is 3.53. The molecule has 110 valence electrons. The number of aromatic nitrogens is 1. The monoisotopic (exact) mass is 294 g/mol. The maximum absolute atomic E-state index is 6.11. The first-order valence-corrected chi connectivity index (χ1v) is 7.76. The highest BCUT2D eigenvalue weighted by atomic mass is 35.5. The number of pyridine rings is 1. The number of halogens is 1. The van der Waals surface area contributed by atoms with Gasteiger partial charge >= 0.3 is 0 Å². The molecule has 0 unspecified atom stereocenters. The SMILES string of the molecule is CC(C)N1CCN2c3ncc(Cl)cc3CN(C)C[C@H]2C1. The number of fused-ring (bicyclic) bond motifs is 3. The third-order valence-corrected chi connectivity index (χ3v) is 4.60. The third kappa shape index (κ3) is 2.65. The Morgan fingerprint density at radius 2 is 2.10 bits per heavy atom. The number of hydrogen-bond donors (Lipinski definition) is 0. The van der Waals surface area contributed by atoms with E-state index in [0.29, 0.717) is 12.1 Å². The van der Waals surface area contributed by atoms with Crippen LogP contribution in [0.4, 0.5) is 5.82 Å². The van der Waals surface area contributed by atoms with E-state index in [-0.39, 0.29) is 0 Å². The molecule has 0 amide bonds. The minimum Gasteiger partial charge on any atom is -0.350 e. The van der Waals surface area contributed by atoms with Crippen LogP contribution in [0.15, 0.2) is 12.3 Å². The molecule has 4 nitrogen and oxygen atoms in total. The zero-order valence-electron chi connectivity index (χ0n) is 12.5. The molecular formula is C15H23ClN4. The molecule has 0 aromatic carbocycles. The molecule has 1 aromatic rings. The highest BCUT2D eigenvalue weighted by Gasteiger charge is 2.33. The standard InChI is InChI=1S/C15H23ClN4/c1-11(2)19-4-5-20-14(10-19)9-18(3)8-12-6-13(16)7-17-15(12)20/h6-7,11,14H,4-5,8-10H2,1-3H3/t14-/m0/s1. The van der Waals surface area contributed by atoms with Gasteiger partial charge in [-0.3, -0.25) is 9.80 Å². The third-order valence-electron chi connectivity index (χ3n) is 4.39. The molecule has 5 heteroatoms. The second-order valence-electron chi connectivity index (χ2n) is 6.27. The van der Waals surface area contributed by atoms with Gasteiger partial charge in [0, 0.05) is 50.5 Å². The summed E-state index contributed by atoms with van der Waals surface area (Å²) in [7, 11) is 2.18. The average molecular weight is 295 g/mol. The molecule has 2 aliphatic heterocycles. The molecular weight excluding hydrogens is 272 g/mol. The molecule has 0 spiro atoms. The predicted molar refractivity (Wildman–Crippen MR) is 83.4 cm³/mol. The summed E-state index contributed by atoms with van der Waals surface area (Å²) in [5.74, 6) is 1.13. The second-order valence-corrected chi connectivity index (χ2v) is 6.71. The normalized spacial score (nSPS) is 24.4. The first-order chi connectivity index (χ1) is 9.54. The van der Waals surface area contributed by atoms with Gasteiger partial charge in [0.15, 0.2) is 0 Å². The number of nitrogens with zero attached hydrogens (tertiary/aromatic N) is 4. The van der Waals surface area contributed by atoms with Crippen molar-refractivity contribution in [3.63, 3.8) is 0 Å². The van der Waals surface area contributed by atoms with Crippen molar-refractivity contribution in [3.05, 3.63) is 22.8 Å². The van der Waals surface area contributed by atoms with Crippen LogP contribution in [-0.4, -0.2) is 60.1 Å². The fraction of sp³-hybridized carbons (Fsp3) is 0.667. The highest BCUT2D eigenvalue weighted by Crippen LogP contribution is 2.29. The molecule has 2 aliphatic rings. The Kier molecular flexibility index (Phi) is 3.89. The van der Waals surface area contributed by atoms with Crippen LogP contribution in [0, 0.1) is 0 Å². The fourth-order valence-electron chi connectivity index (χ4n) is 3.35. The first kappa shape index (κ1) is 14.1. The minimum absolute atomic E-state index is 0.520. The second kappa shape index (κ2) is 5.51. The first-order valence-electron chi connectivity index (χ1n) is 7.38. The van der Waals surface area contributed by atoms with Gasteiger partial charge in [0.2, 0.25) is 0 Å². The summed E-state index contributed by atoms with van der Waals surface area (Å²) in [5, 5.41) is 0.733. The Morgan fingerprint density at radius 1 is 1.30 bits per heavy atom. The summed E-state index contributed by atoms with van der Waals surface area (Å²) in [6.07, 6.45) is 1.78. The van der Waals surface area contributed by atoms with Crippen LogP contribution >= 0.6 is 11.6 Å². The molecule has 1 saturated heterocycles. The molecule has 0 aliphatic carbocycles. The van der Waals surface area contributed by atoms with Crippen molar-refractivity contribution in [1.29, 1.82) is 0 Å². The number of piperazine rings is 1. The molecule has 20 heavy (non-hydrogen) atoms. The van der Waals surface area contributed by atoms with Gasteiger partial charge in [0.05, 0.1) is 11.1 Å². The molecule has 0 radical (unpaired) electrons. The lowest BCUT2D eigenvalue weighted by atomic mass is 10.1. The van der Waals surface area contributed by atoms with Crippen LogP contribution in [0.25, 0.3) is 0 Å². The summed E-state index contributed by atoms with van der Waals surface area (Å²) >= 11 is 6.11. The van der Waals surface area contributed by atoms with E-state index in [9.17, 15) is 0 Å². The number of likely N-dealkylation sites (N-methyl/N-ethyl adjacent to an activating group) is 1. The van der Waals surface area contributed by atoms with Gasteiger partial charge < -0.3 is 4.90 Å². The summed E-state index contributed by atoms with van der Waals surface area (Å²) < 4.78 is 0. The van der Waals surface area contributed by atoms with E-state index in [2.05, 4.69) is 46.6 Å². The number of hydrogen-bond acceptors (Lipinski definition) is 4. The van der Waals surface area contributed by atoms with Crippen LogP contribution in [-0.2, 0) is 6.54 Å². The maximum Gasteiger partial charge on any atom is 0.133 e. The Balaban J connectivity index is 1.92. The summed E-state index contributed by atoms with van der Waals surface area (Å²) in [5.41, 5.74) is 1.25. The lowest BCUT2D eigenvalue weighted by Gasteiger charge is -2.43. The quantitative estimate of drug-likeness (QED) is 0.791. The molecule has 0 bridgehead atoms. The Labute approximate surface area is 126 Å². The van der Waals surface area contributed by atoms with E-state index >= 15 is 0 Å².